The fourth-order valence-electron chi connectivity index (χ4n) is 1.52. The molecule has 1 N–H and O–H groups in total. The molecule has 24 heavy (non-hydrogen) atoms. The third-order valence-electron chi connectivity index (χ3n) is 2.57. The molecule has 0 aliphatic carbocycles. The fourth-order valence-corrected chi connectivity index (χ4v) is 2.30. The van der Waals surface area contributed by atoms with Gasteiger partial charge in [0.15, 0.2) is 0 Å². The summed E-state index contributed by atoms with van der Waals surface area (Å²) in [7, 11) is 1.38. The molecule has 0 aliphatic heterocycles. The van der Waals surface area contributed by atoms with Crippen molar-refractivity contribution in [2.45, 2.75) is 45.6 Å². The zero-order valence-corrected chi connectivity index (χ0v) is 16.5. The third kappa shape index (κ3) is 10.1. The average Bonchev–Trinajstić information content (AvgIpc) is 2.67. The number of esters is 1. The number of carbonyl (C=O) groups excluding carboxylic acids is 1. The molecule has 134 valence electrons. The number of hydrogen-bond acceptors (Lipinski definition) is 4. The molecule has 0 bridgehead atoms. The largest absolute Gasteiger partial charge is 0.468 e. The lowest BCUT2D eigenvalue weighted by atomic mass is 10.1. The number of allylic oxidation sites excluding steroid dienone is 3. The molecule has 1 rings (SSSR count). The van der Waals surface area contributed by atoms with Gasteiger partial charge in [-0.3, -0.25) is 0 Å². The molecule has 0 heterocycles. The predicted molar refractivity (Wildman–Crippen MR) is 107 cm³/mol. The van der Waals surface area contributed by atoms with Crippen LogP contribution in [0, 0.1) is 0 Å². The Balaban J connectivity index is 0. The van der Waals surface area contributed by atoms with E-state index in [4.69, 9.17) is 4.74 Å². The van der Waals surface area contributed by atoms with Crippen molar-refractivity contribution < 1.29 is 9.53 Å². The van der Waals surface area contributed by atoms with Crippen LogP contribution in [-0.2, 0) is 9.53 Å². The summed E-state index contributed by atoms with van der Waals surface area (Å²) < 4.78 is 7.98. The second kappa shape index (κ2) is 17.6. The van der Waals surface area contributed by atoms with Crippen LogP contribution in [0.1, 0.15) is 34.6 Å². The zero-order valence-electron chi connectivity index (χ0n) is 15.7. The van der Waals surface area contributed by atoms with Gasteiger partial charge >= 0.3 is 5.97 Å². The first-order valence-corrected chi connectivity index (χ1v) is 9.05. The van der Waals surface area contributed by atoms with E-state index in [0.717, 1.165) is 10.5 Å². The van der Waals surface area contributed by atoms with E-state index in [9.17, 15) is 4.79 Å². The van der Waals surface area contributed by atoms with Gasteiger partial charge in [-0.25, -0.2) is 9.52 Å². The van der Waals surface area contributed by atoms with Crippen molar-refractivity contribution in [1.29, 1.82) is 0 Å². The Labute approximate surface area is 152 Å². The minimum atomic E-state index is -0.522. The molecule has 1 aromatic rings. The molecule has 1 unspecified atom stereocenters. The minimum Gasteiger partial charge on any atom is -0.468 e. The summed E-state index contributed by atoms with van der Waals surface area (Å²) in [6.45, 7) is 13.5. The van der Waals surface area contributed by atoms with E-state index >= 15 is 0 Å². The van der Waals surface area contributed by atoms with Gasteiger partial charge in [-0.05, 0) is 36.6 Å². The maximum Gasteiger partial charge on any atom is 0.328 e. The Morgan fingerprint density at radius 1 is 1.21 bits per heavy atom. The SMILES string of the molecule is C=C/C=C\C(=C/C)C(NSc1ccccc1)C(=O)OC.CC.CC. The van der Waals surface area contributed by atoms with E-state index in [1.165, 1.54) is 19.1 Å². The molecule has 0 radical (unpaired) electrons. The number of nitrogens with one attached hydrogen (secondary N) is 1. The normalized spacial score (nSPS) is 11.5. The summed E-state index contributed by atoms with van der Waals surface area (Å²) in [5, 5.41) is 0. The van der Waals surface area contributed by atoms with Crippen LogP contribution in [-0.4, -0.2) is 19.1 Å². The number of hydrogen-bond donors (Lipinski definition) is 1. The van der Waals surface area contributed by atoms with Crippen molar-refractivity contribution in [3.63, 3.8) is 0 Å². The lowest BCUT2D eigenvalue weighted by Gasteiger charge is -2.17. The van der Waals surface area contributed by atoms with E-state index in [2.05, 4.69) is 11.3 Å². The second-order valence-electron chi connectivity index (χ2n) is 3.87. The Morgan fingerprint density at radius 3 is 2.25 bits per heavy atom. The van der Waals surface area contributed by atoms with Gasteiger partial charge in [0, 0.05) is 4.90 Å². The monoisotopic (exact) mass is 349 g/mol. The van der Waals surface area contributed by atoms with Gasteiger partial charge < -0.3 is 4.74 Å². The molecule has 4 heteroatoms. The van der Waals surface area contributed by atoms with E-state index in [0.29, 0.717) is 0 Å². The summed E-state index contributed by atoms with van der Waals surface area (Å²) >= 11 is 1.40. The average molecular weight is 350 g/mol. The van der Waals surface area contributed by atoms with Gasteiger partial charge in [-0.15, -0.1) is 0 Å². The van der Waals surface area contributed by atoms with Crippen molar-refractivity contribution in [2.75, 3.05) is 7.11 Å². The standard InChI is InChI=1S/C16H19NO2S.2C2H6/c1-4-6-10-13(5-2)15(16(18)19-3)17-20-14-11-8-7-9-12-14;2*1-2/h4-12,15,17H,1H2,2-3H3;2*1-2H3/b10-6-,13-5+;;. The topological polar surface area (TPSA) is 38.3 Å². The molecular weight excluding hydrogens is 318 g/mol. The van der Waals surface area contributed by atoms with E-state index < -0.39 is 6.04 Å². The smallest absolute Gasteiger partial charge is 0.328 e. The van der Waals surface area contributed by atoms with Crippen molar-refractivity contribution in [3.8, 4) is 0 Å². The first-order chi connectivity index (χ1) is 11.7. The number of methoxy groups -OCH3 is 1. The molecule has 3 nitrogen and oxygen atoms in total. The van der Waals surface area contributed by atoms with Crippen LogP contribution in [0.2, 0.25) is 0 Å². The first-order valence-electron chi connectivity index (χ1n) is 8.23. The molecule has 0 saturated carbocycles. The molecule has 0 spiro atoms. The third-order valence-corrected chi connectivity index (χ3v) is 3.43. The molecule has 0 aromatic heterocycles. The van der Waals surface area contributed by atoms with Crippen LogP contribution in [0.25, 0.3) is 0 Å². The van der Waals surface area contributed by atoms with Gasteiger partial charge in [-0.1, -0.05) is 76.8 Å². The van der Waals surface area contributed by atoms with Gasteiger partial charge in [0.2, 0.25) is 0 Å². The number of ether oxygens (including phenoxy) is 1. The molecule has 0 amide bonds. The van der Waals surface area contributed by atoms with Crippen molar-refractivity contribution >= 4 is 17.9 Å². The highest BCUT2D eigenvalue weighted by molar-refractivity contribution is 7.97. The predicted octanol–water partition coefficient (Wildman–Crippen LogP) is 5.57. The Bertz CT molecular complexity index is 496. The van der Waals surface area contributed by atoms with Crippen LogP contribution < -0.4 is 4.72 Å². The summed E-state index contributed by atoms with van der Waals surface area (Å²) in [6.07, 6.45) is 7.18. The van der Waals surface area contributed by atoms with Crippen molar-refractivity contribution in [2.24, 2.45) is 0 Å². The molecule has 0 saturated heterocycles. The molecule has 1 atom stereocenters. The Morgan fingerprint density at radius 2 is 1.79 bits per heavy atom. The first kappa shape index (κ1) is 24.5. The molecule has 1 aromatic carbocycles. The van der Waals surface area contributed by atoms with E-state index in [1.807, 2.05) is 77.1 Å². The van der Waals surface area contributed by atoms with Crippen LogP contribution in [0.15, 0.2) is 71.7 Å². The lowest BCUT2D eigenvalue weighted by molar-refractivity contribution is -0.141. The van der Waals surface area contributed by atoms with Gasteiger partial charge in [-0.2, -0.15) is 0 Å². The Hall–Kier alpha value is -1.78. The molecule has 0 fully saturated rings. The zero-order chi connectivity index (χ0) is 18.8. The van der Waals surface area contributed by atoms with Gasteiger partial charge in [0.25, 0.3) is 0 Å². The maximum atomic E-state index is 11.9. The van der Waals surface area contributed by atoms with E-state index in [1.54, 1.807) is 12.2 Å². The fraction of sp³-hybridized carbons (Fsp3) is 0.350. The van der Waals surface area contributed by atoms with Crippen LogP contribution in [0.3, 0.4) is 0 Å². The molecule has 0 aliphatic rings. The summed E-state index contributed by atoms with van der Waals surface area (Å²) in [4.78, 5) is 12.9. The maximum absolute atomic E-state index is 11.9. The molecular formula is C20H31NO2S. The highest BCUT2D eigenvalue weighted by Crippen LogP contribution is 2.17. The summed E-state index contributed by atoms with van der Waals surface area (Å²) in [5.41, 5.74) is 0.834. The second-order valence-corrected chi connectivity index (χ2v) is 4.78. The van der Waals surface area contributed by atoms with Crippen molar-refractivity contribution in [1.82, 2.24) is 4.72 Å². The summed E-state index contributed by atoms with van der Waals surface area (Å²) in [5.74, 6) is -0.324. The number of rotatable bonds is 7. The van der Waals surface area contributed by atoms with Crippen molar-refractivity contribution in [3.05, 3.63) is 66.8 Å². The Kier molecular flexibility index (Phi) is 17.9. The highest BCUT2D eigenvalue weighted by Gasteiger charge is 2.21. The van der Waals surface area contributed by atoms with Crippen LogP contribution >= 0.6 is 11.9 Å². The van der Waals surface area contributed by atoms with E-state index in [-0.39, 0.29) is 5.97 Å². The number of carbonyl (C=O) groups is 1. The van der Waals surface area contributed by atoms with Crippen LogP contribution in [0.4, 0.5) is 0 Å². The quantitative estimate of drug-likeness (QED) is 0.397. The number of benzene rings is 1. The minimum absolute atomic E-state index is 0.324. The van der Waals surface area contributed by atoms with Gasteiger partial charge in [0.1, 0.15) is 6.04 Å². The van der Waals surface area contributed by atoms with Gasteiger partial charge in [0.05, 0.1) is 7.11 Å². The summed E-state index contributed by atoms with van der Waals surface area (Å²) in [6, 6.07) is 9.27. The van der Waals surface area contributed by atoms with Crippen LogP contribution in [0.5, 0.6) is 0 Å². The lowest BCUT2D eigenvalue weighted by Crippen LogP contribution is -2.34. The highest BCUT2D eigenvalue weighted by atomic mass is 32.2.